The fourth-order valence-corrected chi connectivity index (χ4v) is 1.75. The van der Waals surface area contributed by atoms with Gasteiger partial charge in [0.2, 0.25) is 6.54 Å². The molecule has 0 saturated carbocycles. The van der Waals surface area contributed by atoms with Gasteiger partial charge in [-0.05, 0) is 33.2 Å². The second kappa shape index (κ2) is 3.23. The summed E-state index contributed by atoms with van der Waals surface area (Å²) in [7, 11) is 0. The van der Waals surface area contributed by atoms with E-state index in [1.54, 1.807) is 0 Å². The predicted molar refractivity (Wildman–Crippen MR) is 46.4 cm³/mol. The van der Waals surface area contributed by atoms with Crippen LogP contribution in [0.4, 0.5) is 0 Å². The van der Waals surface area contributed by atoms with Crippen LogP contribution < -0.4 is 0 Å². The van der Waals surface area contributed by atoms with Crippen molar-refractivity contribution in [2.75, 3.05) is 19.6 Å². The molecule has 1 rings (SSSR count). The molecule has 0 amide bonds. The highest BCUT2D eigenvalue weighted by molar-refractivity contribution is 4.88. The third kappa shape index (κ3) is 1.94. The zero-order valence-corrected chi connectivity index (χ0v) is 7.43. The van der Waals surface area contributed by atoms with Gasteiger partial charge in [0.05, 0.1) is 6.54 Å². The van der Waals surface area contributed by atoms with Crippen molar-refractivity contribution in [3.8, 4) is 0 Å². The lowest BCUT2D eigenvalue weighted by molar-refractivity contribution is 0.183. The molecule has 0 radical (unpaired) electrons. The van der Waals surface area contributed by atoms with Crippen molar-refractivity contribution in [3.05, 3.63) is 11.4 Å². The highest BCUT2D eigenvalue weighted by atomic mass is 15.2. The van der Waals surface area contributed by atoms with Gasteiger partial charge in [0.15, 0.2) is 0 Å². The van der Waals surface area contributed by atoms with Gasteiger partial charge < -0.3 is 4.85 Å². The highest BCUT2D eigenvalue weighted by Crippen LogP contribution is 2.27. The van der Waals surface area contributed by atoms with Crippen LogP contribution in [0.25, 0.3) is 4.85 Å². The average molecular weight is 152 g/mol. The van der Waals surface area contributed by atoms with Crippen molar-refractivity contribution in [2.45, 2.75) is 32.2 Å². The van der Waals surface area contributed by atoms with E-state index in [4.69, 9.17) is 6.57 Å². The summed E-state index contributed by atoms with van der Waals surface area (Å²) in [5.74, 6) is 0. The molecule has 0 aromatic heterocycles. The first kappa shape index (κ1) is 8.55. The number of likely N-dealkylation sites (tertiary alicyclic amines) is 1. The van der Waals surface area contributed by atoms with Crippen LogP contribution >= 0.6 is 0 Å². The third-order valence-corrected chi connectivity index (χ3v) is 2.55. The Hall–Kier alpha value is -0.550. The summed E-state index contributed by atoms with van der Waals surface area (Å²) in [6, 6.07) is 0. The normalized spacial score (nSPS) is 23.4. The van der Waals surface area contributed by atoms with Crippen molar-refractivity contribution >= 4 is 0 Å². The Bertz CT molecular complexity index is 167. The minimum absolute atomic E-state index is 0.352. The number of nitrogens with zero attached hydrogens (tertiary/aromatic N) is 2. The molecule has 0 aromatic rings. The van der Waals surface area contributed by atoms with Crippen LogP contribution in [0, 0.1) is 6.57 Å². The van der Waals surface area contributed by atoms with Crippen LogP contribution in [-0.4, -0.2) is 30.1 Å². The van der Waals surface area contributed by atoms with Gasteiger partial charge in [-0.1, -0.05) is 0 Å². The average Bonchev–Trinajstić information content (AvgIpc) is 2.25. The van der Waals surface area contributed by atoms with Crippen molar-refractivity contribution in [3.63, 3.8) is 0 Å². The van der Waals surface area contributed by atoms with Gasteiger partial charge in [-0.25, -0.2) is 6.57 Å². The Morgan fingerprint density at radius 1 is 1.55 bits per heavy atom. The molecule has 1 saturated heterocycles. The molecule has 0 aliphatic carbocycles. The van der Waals surface area contributed by atoms with Gasteiger partial charge >= 0.3 is 0 Å². The molecule has 2 heteroatoms. The van der Waals surface area contributed by atoms with E-state index in [2.05, 4.69) is 23.6 Å². The van der Waals surface area contributed by atoms with Gasteiger partial charge in [-0.2, -0.15) is 0 Å². The predicted octanol–water partition coefficient (Wildman–Crippen LogP) is 1.78. The number of hydrogen-bond acceptors (Lipinski definition) is 1. The molecule has 2 nitrogen and oxygen atoms in total. The van der Waals surface area contributed by atoms with Gasteiger partial charge in [0.1, 0.15) is 0 Å². The molecule has 0 aromatic carbocycles. The van der Waals surface area contributed by atoms with E-state index in [1.807, 2.05) is 0 Å². The molecule has 0 atom stereocenters. The van der Waals surface area contributed by atoms with Crippen molar-refractivity contribution in [2.24, 2.45) is 0 Å². The molecule has 11 heavy (non-hydrogen) atoms. The Labute approximate surface area is 69.0 Å². The zero-order chi connectivity index (χ0) is 8.32. The summed E-state index contributed by atoms with van der Waals surface area (Å²) < 4.78 is 0. The molecule has 1 heterocycles. The lowest BCUT2D eigenvalue weighted by Crippen LogP contribution is -2.39. The van der Waals surface area contributed by atoms with Gasteiger partial charge in [-0.15, -0.1) is 0 Å². The number of rotatable bonds is 2. The SMILES string of the molecule is [C-]#[N+]CCN1CCCC1(C)C. The molecule has 1 fully saturated rings. The van der Waals surface area contributed by atoms with Crippen molar-refractivity contribution < 1.29 is 0 Å². The van der Waals surface area contributed by atoms with E-state index in [-0.39, 0.29) is 0 Å². The van der Waals surface area contributed by atoms with Crippen LogP contribution in [0.3, 0.4) is 0 Å². The summed E-state index contributed by atoms with van der Waals surface area (Å²) in [6.07, 6.45) is 2.58. The molecule has 62 valence electrons. The van der Waals surface area contributed by atoms with Crippen LogP contribution in [0.1, 0.15) is 26.7 Å². The molecule has 1 aliphatic rings. The second-order valence-electron chi connectivity index (χ2n) is 3.78. The minimum atomic E-state index is 0.352. The standard InChI is InChI=1S/C9H16N2/c1-9(2)5-4-7-11(9)8-6-10-3/h4-8H2,1-2H3. The van der Waals surface area contributed by atoms with E-state index in [9.17, 15) is 0 Å². The molecule has 0 spiro atoms. The van der Waals surface area contributed by atoms with E-state index in [1.165, 1.54) is 19.4 Å². The molecule has 0 unspecified atom stereocenters. The maximum atomic E-state index is 6.69. The lowest BCUT2D eigenvalue weighted by atomic mass is 10.0. The monoisotopic (exact) mass is 152 g/mol. The van der Waals surface area contributed by atoms with Crippen LogP contribution in [0.15, 0.2) is 0 Å². The molecule has 1 aliphatic heterocycles. The Balaban J connectivity index is 2.40. The van der Waals surface area contributed by atoms with Crippen LogP contribution in [0.5, 0.6) is 0 Å². The molecule has 0 N–H and O–H groups in total. The summed E-state index contributed by atoms with van der Waals surface area (Å²) in [4.78, 5) is 5.79. The first-order valence-corrected chi connectivity index (χ1v) is 4.25. The minimum Gasteiger partial charge on any atom is -0.316 e. The van der Waals surface area contributed by atoms with Gasteiger partial charge in [0, 0.05) is 5.54 Å². The van der Waals surface area contributed by atoms with Gasteiger partial charge in [-0.3, -0.25) is 4.90 Å². The summed E-state index contributed by atoms with van der Waals surface area (Å²) in [6.45, 7) is 14.0. The summed E-state index contributed by atoms with van der Waals surface area (Å²) in [5.41, 5.74) is 0.352. The van der Waals surface area contributed by atoms with Crippen LogP contribution in [-0.2, 0) is 0 Å². The molecule has 0 bridgehead atoms. The van der Waals surface area contributed by atoms with Gasteiger partial charge in [0.25, 0.3) is 0 Å². The highest BCUT2D eigenvalue weighted by Gasteiger charge is 2.31. The maximum Gasteiger partial charge on any atom is 0.227 e. The maximum absolute atomic E-state index is 6.69. The van der Waals surface area contributed by atoms with E-state index >= 15 is 0 Å². The topological polar surface area (TPSA) is 7.60 Å². The summed E-state index contributed by atoms with van der Waals surface area (Å²) in [5, 5.41) is 0. The van der Waals surface area contributed by atoms with E-state index in [0.717, 1.165) is 6.54 Å². The second-order valence-corrected chi connectivity index (χ2v) is 3.78. The Morgan fingerprint density at radius 3 is 2.73 bits per heavy atom. The fourth-order valence-electron chi connectivity index (χ4n) is 1.75. The van der Waals surface area contributed by atoms with Crippen LogP contribution in [0.2, 0.25) is 0 Å². The first-order valence-electron chi connectivity index (χ1n) is 4.25. The van der Waals surface area contributed by atoms with Crippen molar-refractivity contribution in [1.82, 2.24) is 4.90 Å². The summed E-state index contributed by atoms with van der Waals surface area (Å²) >= 11 is 0. The van der Waals surface area contributed by atoms with Crippen molar-refractivity contribution in [1.29, 1.82) is 0 Å². The fraction of sp³-hybridized carbons (Fsp3) is 0.889. The third-order valence-electron chi connectivity index (χ3n) is 2.55. The molecular weight excluding hydrogens is 136 g/mol. The largest absolute Gasteiger partial charge is 0.316 e. The first-order chi connectivity index (χ1) is 5.17. The van der Waals surface area contributed by atoms with E-state index in [0.29, 0.717) is 12.1 Å². The zero-order valence-electron chi connectivity index (χ0n) is 7.43. The van der Waals surface area contributed by atoms with E-state index < -0.39 is 0 Å². The Morgan fingerprint density at radius 2 is 2.27 bits per heavy atom. The lowest BCUT2D eigenvalue weighted by Gasteiger charge is -2.29. The smallest absolute Gasteiger partial charge is 0.227 e. The number of hydrogen-bond donors (Lipinski definition) is 0. The quantitative estimate of drug-likeness (QED) is 0.547. The molecular formula is C9H16N2. The Kier molecular flexibility index (Phi) is 2.51.